The van der Waals surface area contributed by atoms with Gasteiger partial charge in [-0.05, 0) is 25.8 Å². The third-order valence-electron chi connectivity index (χ3n) is 4.93. The van der Waals surface area contributed by atoms with E-state index in [0.29, 0.717) is 25.9 Å². The molecular weight excluding hydrogens is 327 g/mol. The highest BCUT2D eigenvalue weighted by atomic mass is 19.1. The topological polar surface area (TPSA) is 80.2 Å². The summed E-state index contributed by atoms with van der Waals surface area (Å²) in [5.74, 6) is -0.752. The summed E-state index contributed by atoms with van der Waals surface area (Å²) in [5, 5.41) is 6.11. The molecule has 1 aromatic heterocycles. The van der Waals surface area contributed by atoms with Crippen LogP contribution in [0.4, 0.5) is 4.39 Å². The maximum atomic E-state index is 14.2. The molecule has 2 aromatic rings. The van der Waals surface area contributed by atoms with Crippen LogP contribution in [0.1, 0.15) is 31.4 Å². The number of carbonyl (C=O) groups is 1. The van der Waals surface area contributed by atoms with Gasteiger partial charge in [0, 0.05) is 31.8 Å². The van der Waals surface area contributed by atoms with Gasteiger partial charge in [-0.2, -0.15) is 5.10 Å². The Balaban J connectivity index is 1.76. The number of aromatic amines is 1. The van der Waals surface area contributed by atoms with Gasteiger partial charge in [-0.15, -0.1) is 0 Å². The van der Waals surface area contributed by atoms with Crippen LogP contribution >= 0.6 is 0 Å². The molecule has 2 heterocycles. The summed E-state index contributed by atoms with van der Waals surface area (Å²) in [5.41, 5.74) is -1.42. The molecule has 8 heteroatoms. The van der Waals surface area contributed by atoms with Crippen LogP contribution in [0.2, 0.25) is 0 Å². The Morgan fingerprint density at radius 3 is 2.60 bits per heavy atom. The third kappa shape index (κ3) is 3.09. The molecule has 1 atom stereocenters. The molecule has 1 saturated heterocycles. The molecule has 0 aliphatic carbocycles. The monoisotopic (exact) mass is 348 g/mol. The smallest absolute Gasteiger partial charge is 0.343 e. The highest BCUT2D eigenvalue weighted by Crippen LogP contribution is 2.31. The molecule has 1 aliphatic heterocycles. The molecule has 0 spiro atoms. The maximum absolute atomic E-state index is 14.2. The number of benzene rings is 1. The first kappa shape index (κ1) is 17.3. The number of hydrogen-bond acceptors (Lipinski definition) is 4. The van der Waals surface area contributed by atoms with Gasteiger partial charge in [-0.1, -0.05) is 18.2 Å². The van der Waals surface area contributed by atoms with Crippen molar-refractivity contribution in [3.05, 3.63) is 52.5 Å². The molecule has 0 bridgehead atoms. The van der Waals surface area contributed by atoms with Crippen molar-refractivity contribution in [3.63, 3.8) is 0 Å². The Morgan fingerprint density at radius 1 is 1.36 bits per heavy atom. The summed E-state index contributed by atoms with van der Waals surface area (Å²) in [7, 11) is 1.40. The fraction of sp³-hybridized carbons (Fsp3) is 0.471. The molecule has 1 aromatic carbocycles. The second kappa shape index (κ2) is 6.79. The van der Waals surface area contributed by atoms with E-state index in [2.05, 4.69) is 10.2 Å². The molecule has 134 valence electrons. The van der Waals surface area contributed by atoms with Crippen LogP contribution in [0.25, 0.3) is 0 Å². The molecule has 1 amide bonds. The number of amides is 1. The Labute approximate surface area is 144 Å². The number of hydrogen-bond donors (Lipinski definition) is 1. The zero-order chi connectivity index (χ0) is 18.0. The molecule has 7 nitrogen and oxygen atoms in total. The van der Waals surface area contributed by atoms with Crippen LogP contribution in [-0.2, 0) is 15.1 Å². The van der Waals surface area contributed by atoms with E-state index in [1.54, 1.807) is 34.6 Å². The molecule has 0 saturated carbocycles. The summed E-state index contributed by atoms with van der Waals surface area (Å²) in [6, 6.07) is 6.14. The number of methoxy groups -OCH3 is 1. The van der Waals surface area contributed by atoms with Crippen molar-refractivity contribution >= 4 is 5.91 Å². The van der Waals surface area contributed by atoms with Crippen molar-refractivity contribution < 1.29 is 13.9 Å². The summed E-state index contributed by atoms with van der Waals surface area (Å²) < 4.78 is 21.2. The summed E-state index contributed by atoms with van der Waals surface area (Å²) in [4.78, 5) is 26.3. The first-order chi connectivity index (χ1) is 12.0. The number of likely N-dealkylation sites (tertiary alicyclic amines) is 1. The molecular formula is C17H21FN4O3. The number of carbonyl (C=O) groups excluding carboxylic acids is 1. The average molecular weight is 348 g/mol. The number of piperidine rings is 1. The minimum Gasteiger partial charge on any atom is -0.364 e. The lowest BCUT2D eigenvalue weighted by molar-refractivity contribution is -0.156. The number of nitrogens with one attached hydrogen (secondary N) is 1. The largest absolute Gasteiger partial charge is 0.364 e. The van der Waals surface area contributed by atoms with Crippen LogP contribution in [0.3, 0.4) is 0 Å². The van der Waals surface area contributed by atoms with Gasteiger partial charge in [-0.3, -0.25) is 9.36 Å². The lowest BCUT2D eigenvalue weighted by Crippen LogP contribution is -2.50. The molecule has 3 rings (SSSR count). The minimum absolute atomic E-state index is 0.00226. The van der Waals surface area contributed by atoms with Crippen LogP contribution in [0.5, 0.6) is 0 Å². The highest BCUT2D eigenvalue weighted by Gasteiger charge is 2.41. The van der Waals surface area contributed by atoms with Gasteiger partial charge in [-0.25, -0.2) is 14.3 Å². The SMILES string of the molecule is CO[C@](C)(C(=O)N1CCC(n2cn[nH]c2=O)CC1)c1ccccc1F. The Hall–Kier alpha value is -2.48. The van der Waals surface area contributed by atoms with E-state index in [9.17, 15) is 14.0 Å². The van der Waals surface area contributed by atoms with Gasteiger partial charge < -0.3 is 9.64 Å². The molecule has 25 heavy (non-hydrogen) atoms. The third-order valence-corrected chi connectivity index (χ3v) is 4.93. The first-order valence-corrected chi connectivity index (χ1v) is 8.18. The predicted octanol–water partition coefficient (Wildman–Crippen LogP) is 1.44. The van der Waals surface area contributed by atoms with E-state index < -0.39 is 11.4 Å². The quantitative estimate of drug-likeness (QED) is 0.907. The van der Waals surface area contributed by atoms with Gasteiger partial charge in [0.05, 0.1) is 0 Å². The second-order valence-electron chi connectivity index (χ2n) is 6.31. The normalized spacial score (nSPS) is 18.1. The molecule has 1 fully saturated rings. The lowest BCUT2D eigenvalue weighted by atomic mass is 9.92. The van der Waals surface area contributed by atoms with Gasteiger partial charge in [0.15, 0.2) is 5.60 Å². The predicted molar refractivity (Wildman–Crippen MR) is 88.5 cm³/mol. The lowest BCUT2D eigenvalue weighted by Gasteiger charge is -2.38. The van der Waals surface area contributed by atoms with Crippen molar-refractivity contribution in [1.82, 2.24) is 19.7 Å². The van der Waals surface area contributed by atoms with Gasteiger partial charge >= 0.3 is 5.69 Å². The van der Waals surface area contributed by atoms with Gasteiger partial charge in [0.1, 0.15) is 12.1 Å². The standard InChI is InChI=1S/C17H21FN4O3/c1-17(25-2,13-5-3-4-6-14(13)18)15(23)21-9-7-12(8-10-21)22-11-19-20-16(22)24/h3-6,11-12H,7-10H2,1-2H3,(H,20,24)/t17-/m0/s1. The number of halogens is 1. The number of aromatic nitrogens is 3. The second-order valence-corrected chi connectivity index (χ2v) is 6.31. The van der Waals surface area contributed by atoms with E-state index in [1.165, 1.54) is 19.5 Å². The van der Waals surface area contributed by atoms with Gasteiger partial charge in [0.25, 0.3) is 5.91 Å². The Morgan fingerprint density at radius 2 is 2.04 bits per heavy atom. The van der Waals surface area contributed by atoms with Crippen LogP contribution in [0.15, 0.2) is 35.4 Å². The van der Waals surface area contributed by atoms with Crippen LogP contribution in [-0.4, -0.2) is 45.8 Å². The summed E-state index contributed by atoms with van der Waals surface area (Å²) in [6.07, 6.45) is 2.73. The summed E-state index contributed by atoms with van der Waals surface area (Å²) in [6.45, 7) is 2.52. The fourth-order valence-corrected chi connectivity index (χ4v) is 3.33. The molecule has 1 N–H and O–H groups in total. The maximum Gasteiger partial charge on any atom is 0.343 e. The van der Waals surface area contributed by atoms with E-state index in [1.807, 2.05) is 0 Å². The minimum atomic E-state index is -1.38. The Bertz CT molecular complexity index is 810. The zero-order valence-electron chi connectivity index (χ0n) is 14.2. The van der Waals surface area contributed by atoms with Crippen molar-refractivity contribution in [3.8, 4) is 0 Å². The average Bonchev–Trinajstić information content (AvgIpc) is 3.07. The van der Waals surface area contributed by atoms with Crippen molar-refractivity contribution in [2.45, 2.75) is 31.4 Å². The molecule has 0 radical (unpaired) electrons. The summed E-state index contributed by atoms with van der Waals surface area (Å²) >= 11 is 0. The number of nitrogens with zero attached hydrogens (tertiary/aromatic N) is 3. The Kier molecular flexibility index (Phi) is 4.71. The number of ether oxygens (including phenoxy) is 1. The highest BCUT2D eigenvalue weighted by molar-refractivity contribution is 5.86. The number of rotatable bonds is 4. The van der Waals surface area contributed by atoms with E-state index >= 15 is 0 Å². The fourth-order valence-electron chi connectivity index (χ4n) is 3.33. The van der Waals surface area contributed by atoms with Crippen LogP contribution in [0, 0.1) is 5.82 Å². The van der Waals surface area contributed by atoms with E-state index in [4.69, 9.17) is 4.74 Å². The number of H-pyrrole nitrogens is 1. The first-order valence-electron chi connectivity index (χ1n) is 8.18. The van der Waals surface area contributed by atoms with Crippen molar-refractivity contribution in [2.75, 3.05) is 20.2 Å². The zero-order valence-corrected chi connectivity index (χ0v) is 14.2. The van der Waals surface area contributed by atoms with E-state index in [-0.39, 0.29) is 23.2 Å². The van der Waals surface area contributed by atoms with Gasteiger partial charge in [0.2, 0.25) is 0 Å². The van der Waals surface area contributed by atoms with Crippen molar-refractivity contribution in [2.24, 2.45) is 0 Å². The van der Waals surface area contributed by atoms with E-state index in [0.717, 1.165) is 0 Å². The van der Waals surface area contributed by atoms with Crippen LogP contribution < -0.4 is 5.69 Å². The van der Waals surface area contributed by atoms with Crippen molar-refractivity contribution in [1.29, 1.82) is 0 Å². The molecule has 0 unspecified atom stereocenters. The molecule has 1 aliphatic rings.